The second-order valence-corrected chi connectivity index (χ2v) is 4.76. The highest BCUT2D eigenvalue weighted by molar-refractivity contribution is 6.11. The highest BCUT2D eigenvalue weighted by Gasteiger charge is 2.15. The molecule has 1 aromatic heterocycles. The minimum absolute atomic E-state index is 0.0501. The second kappa shape index (κ2) is 3.87. The van der Waals surface area contributed by atoms with E-state index in [1.165, 1.54) is 6.08 Å². The van der Waals surface area contributed by atoms with Gasteiger partial charge in [-0.2, -0.15) is 0 Å². The van der Waals surface area contributed by atoms with E-state index in [9.17, 15) is 9.59 Å². The molecule has 0 atom stereocenters. The summed E-state index contributed by atoms with van der Waals surface area (Å²) in [7, 11) is 0. The van der Waals surface area contributed by atoms with Crippen LogP contribution in [0, 0.1) is 0 Å². The Balaban J connectivity index is 2.17. The predicted molar refractivity (Wildman–Crippen MR) is 73.9 cm³/mol. The first-order valence-electron chi connectivity index (χ1n) is 6.26. The molecule has 0 bridgehead atoms. The Morgan fingerprint density at radius 2 is 2.10 bits per heavy atom. The summed E-state index contributed by atoms with van der Waals surface area (Å²) >= 11 is 0. The van der Waals surface area contributed by atoms with Crippen molar-refractivity contribution in [3.05, 3.63) is 46.5 Å². The zero-order valence-electron chi connectivity index (χ0n) is 10.4. The van der Waals surface area contributed by atoms with Crippen LogP contribution in [-0.2, 0) is 4.79 Å². The first-order chi connectivity index (χ1) is 9.72. The van der Waals surface area contributed by atoms with Crippen molar-refractivity contribution in [2.24, 2.45) is 0 Å². The third kappa shape index (κ3) is 1.51. The van der Waals surface area contributed by atoms with E-state index in [0.717, 1.165) is 5.39 Å². The average molecular weight is 263 g/mol. The molecule has 0 saturated heterocycles. The lowest BCUT2D eigenvalue weighted by Crippen LogP contribution is -2.26. The minimum atomic E-state index is -0.0792. The summed E-state index contributed by atoms with van der Waals surface area (Å²) in [5.41, 5.74) is 1.27. The maximum Gasteiger partial charge on any atom is 0.193 e. The van der Waals surface area contributed by atoms with Crippen molar-refractivity contribution in [1.82, 2.24) is 4.98 Å². The molecule has 2 aliphatic rings. The molecule has 1 aromatic carbocycles. The van der Waals surface area contributed by atoms with Crippen molar-refractivity contribution in [2.75, 3.05) is 6.61 Å². The lowest BCUT2D eigenvalue weighted by Gasteiger charge is -2.12. The van der Waals surface area contributed by atoms with Crippen LogP contribution in [0.4, 0.5) is 0 Å². The molecule has 4 heteroatoms. The predicted octanol–water partition coefficient (Wildman–Crippen LogP) is 0.510. The van der Waals surface area contributed by atoms with Gasteiger partial charge in [0.25, 0.3) is 0 Å². The fraction of sp³-hybridized carbons (Fsp3) is 0.0625. The van der Waals surface area contributed by atoms with Gasteiger partial charge in [0.1, 0.15) is 5.75 Å². The van der Waals surface area contributed by atoms with Crippen molar-refractivity contribution in [2.45, 2.75) is 0 Å². The van der Waals surface area contributed by atoms with E-state index >= 15 is 0 Å². The lowest BCUT2D eigenvalue weighted by atomic mass is 10.0. The van der Waals surface area contributed by atoms with Crippen LogP contribution >= 0.6 is 0 Å². The Labute approximate surface area is 113 Å². The van der Waals surface area contributed by atoms with Gasteiger partial charge in [-0.3, -0.25) is 9.59 Å². The van der Waals surface area contributed by atoms with Crippen LogP contribution in [0.3, 0.4) is 0 Å². The van der Waals surface area contributed by atoms with Gasteiger partial charge in [0, 0.05) is 16.2 Å². The molecule has 2 aromatic rings. The second-order valence-electron chi connectivity index (χ2n) is 4.76. The zero-order chi connectivity index (χ0) is 13.7. The largest absolute Gasteiger partial charge is 0.485 e. The Morgan fingerprint density at radius 3 is 3.00 bits per heavy atom. The van der Waals surface area contributed by atoms with Gasteiger partial charge in [-0.05, 0) is 36.4 Å². The molecular formula is C16H9NO3. The van der Waals surface area contributed by atoms with Crippen molar-refractivity contribution in [1.29, 1.82) is 0 Å². The van der Waals surface area contributed by atoms with Crippen LogP contribution in [0.25, 0.3) is 23.1 Å². The number of carbonyl (C=O) groups is 2. The topological polar surface area (TPSA) is 56.3 Å². The summed E-state index contributed by atoms with van der Waals surface area (Å²) < 4.78 is 5.40. The summed E-state index contributed by atoms with van der Waals surface area (Å²) in [5, 5.41) is 2.15. The van der Waals surface area contributed by atoms with E-state index in [1.54, 1.807) is 18.2 Å². The summed E-state index contributed by atoms with van der Waals surface area (Å²) in [6.45, 7) is 0.0663. The maximum absolute atomic E-state index is 11.8. The number of ketones is 2. The standard InChI is InChI=1S/C16H9NO3/c18-10-7-12-15(20-8-10)5-4-9-6-11-13(17-16(9)12)2-1-3-14(11)19/h1-7H,8H2. The van der Waals surface area contributed by atoms with Gasteiger partial charge < -0.3 is 4.74 Å². The first kappa shape index (κ1) is 11.1. The van der Waals surface area contributed by atoms with Gasteiger partial charge in [0.2, 0.25) is 0 Å². The number of hydrogen-bond donors (Lipinski definition) is 0. The van der Waals surface area contributed by atoms with Crippen LogP contribution in [0.15, 0.2) is 30.4 Å². The molecule has 96 valence electrons. The molecule has 0 radical (unpaired) electrons. The van der Waals surface area contributed by atoms with Gasteiger partial charge in [0.05, 0.1) is 10.9 Å². The summed E-state index contributed by atoms with van der Waals surface area (Å²) in [6.07, 6.45) is 6.55. The summed E-state index contributed by atoms with van der Waals surface area (Å²) in [6, 6.07) is 5.48. The number of aromatic nitrogens is 1. The van der Waals surface area contributed by atoms with Crippen LogP contribution in [0.5, 0.6) is 5.75 Å². The number of nitrogens with zero attached hydrogens (tertiary/aromatic N) is 1. The molecule has 0 saturated carbocycles. The molecule has 0 amide bonds. The van der Waals surface area contributed by atoms with Crippen molar-refractivity contribution >= 4 is 34.6 Å². The van der Waals surface area contributed by atoms with E-state index in [0.29, 0.717) is 27.4 Å². The van der Waals surface area contributed by atoms with Gasteiger partial charge in [-0.1, -0.05) is 6.08 Å². The number of carbonyl (C=O) groups excluding carboxylic acids is 2. The van der Waals surface area contributed by atoms with E-state index in [4.69, 9.17) is 4.74 Å². The molecule has 2 heterocycles. The molecule has 20 heavy (non-hydrogen) atoms. The van der Waals surface area contributed by atoms with Crippen molar-refractivity contribution < 1.29 is 14.3 Å². The normalized spacial score (nSPS) is 16.0. The van der Waals surface area contributed by atoms with Gasteiger partial charge in [-0.25, -0.2) is 4.98 Å². The molecule has 4 rings (SSSR count). The van der Waals surface area contributed by atoms with E-state index in [2.05, 4.69) is 4.98 Å². The fourth-order valence-electron chi connectivity index (χ4n) is 2.52. The minimum Gasteiger partial charge on any atom is -0.485 e. The van der Waals surface area contributed by atoms with Crippen LogP contribution in [0.2, 0.25) is 0 Å². The molecule has 0 unspecified atom stereocenters. The molecule has 1 aliphatic carbocycles. The molecule has 0 fully saturated rings. The number of benzene rings is 1. The number of ether oxygens (including phenoxy) is 1. The monoisotopic (exact) mass is 263 g/mol. The third-order valence-corrected chi connectivity index (χ3v) is 3.46. The Morgan fingerprint density at radius 1 is 1.20 bits per heavy atom. The zero-order valence-corrected chi connectivity index (χ0v) is 10.4. The molecule has 0 spiro atoms. The fourth-order valence-corrected chi connectivity index (χ4v) is 2.52. The van der Waals surface area contributed by atoms with Crippen LogP contribution in [0.1, 0.15) is 10.4 Å². The quantitative estimate of drug-likeness (QED) is 0.695. The van der Waals surface area contributed by atoms with Gasteiger partial charge >= 0.3 is 0 Å². The number of fused-ring (bicyclic) bond motifs is 4. The molecule has 0 N–H and O–H groups in total. The van der Waals surface area contributed by atoms with Gasteiger partial charge in [0.15, 0.2) is 18.2 Å². The maximum atomic E-state index is 11.8. The van der Waals surface area contributed by atoms with Crippen molar-refractivity contribution in [3.63, 3.8) is 0 Å². The van der Waals surface area contributed by atoms with Gasteiger partial charge in [-0.15, -0.1) is 0 Å². The van der Waals surface area contributed by atoms with E-state index < -0.39 is 0 Å². The number of allylic oxidation sites excluding steroid dienone is 2. The Hall–Kier alpha value is -2.75. The molecular weight excluding hydrogens is 254 g/mol. The third-order valence-electron chi connectivity index (χ3n) is 3.46. The number of Topliss-reactive ketones (excluding diaryl/α,β-unsaturated/α-hetero) is 1. The highest BCUT2D eigenvalue weighted by Crippen LogP contribution is 2.16. The van der Waals surface area contributed by atoms with Crippen LogP contribution in [-0.4, -0.2) is 23.2 Å². The molecule has 1 aliphatic heterocycles. The smallest absolute Gasteiger partial charge is 0.193 e. The summed E-state index contributed by atoms with van der Waals surface area (Å²) in [4.78, 5) is 27.9. The first-order valence-corrected chi connectivity index (χ1v) is 6.26. The van der Waals surface area contributed by atoms with E-state index in [1.807, 2.05) is 18.2 Å². The SMILES string of the molecule is O=C1C=c2c(ccc3cc4c(nc23)=CC=CC4=O)OC1. The van der Waals surface area contributed by atoms with E-state index in [-0.39, 0.29) is 18.2 Å². The number of pyridine rings is 1. The highest BCUT2D eigenvalue weighted by atomic mass is 16.5. The average Bonchev–Trinajstić information content (AvgIpc) is 2.46. The Kier molecular flexibility index (Phi) is 2.15. The number of rotatable bonds is 0. The lowest BCUT2D eigenvalue weighted by molar-refractivity contribution is -0.115. The van der Waals surface area contributed by atoms with Crippen LogP contribution < -0.4 is 15.3 Å². The Bertz CT molecular complexity index is 938. The molecule has 4 nitrogen and oxygen atoms in total. The summed E-state index contributed by atoms with van der Waals surface area (Å²) in [5.74, 6) is 0.526. The van der Waals surface area contributed by atoms with Crippen molar-refractivity contribution in [3.8, 4) is 5.75 Å². The number of hydrogen-bond acceptors (Lipinski definition) is 4.